The molecule has 0 aliphatic heterocycles. The number of anilines is 1. The van der Waals surface area contributed by atoms with Crippen molar-refractivity contribution >= 4 is 41.1 Å². The molecule has 0 aliphatic carbocycles. The van der Waals surface area contributed by atoms with Crippen molar-refractivity contribution < 1.29 is 24.0 Å². The van der Waals surface area contributed by atoms with Crippen LogP contribution in [0.4, 0.5) is 11.4 Å². The third kappa shape index (κ3) is 4.85. The molecule has 1 amide bonds. The quantitative estimate of drug-likeness (QED) is 0.365. The van der Waals surface area contributed by atoms with Crippen molar-refractivity contribution in [1.29, 1.82) is 0 Å². The number of hydrogen-bond donors (Lipinski definition) is 1. The Labute approximate surface area is 146 Å². The average Bonchev–Trinajstić information content (AvgIpc) is 2.61. The smallest absolute Gasteiger partial charge is 0.338 e. The van der Waals surface area contributed by atoms with E-state index in [0.717, 1.165) is 6.07 Å². The van der Waals surface area contributed by atoms with Gasteiger partial charge < -0.3 is 10.1 Å². The molecule has 0 fully saturated rings. The molecule has 0 heterocycles. The average molecular weight is 363 g/mol. The van der Waals surface area contributed by atoms with Crippen LogP contribution in [-0.4, -0.2) is 29.7 Å². The summed E-state index contributed by atoms with van der Waals surface area (Å²) in [6, 6.07) is 9.43. The lowest BCUT2D eigenvalue weighted by atomic mass is 10.1. The molecule has 2 aromatic rings. The number of nitro groups is 1. The van der Waals surface area contributed by atoms with E-state index in [2.05, 4.69) is 5.32 Å². The van der Waals surface area contributed by atoms with Gasteiger partial charge in [0.05, 0.1) is 10.5 Å². The fraction of sp³-hybridized carbons (Fsp3) is 0.0625. The first-order chi connectivity index (χ1) is 11.9. The normalized spacial score (nSPS) is 9.96. The van der Waals surface area contributed by atoms with Crippen LogP contribution < -0.4 is 5.32 Å². The van der Waals surface area contributed by atoms with Crippen molar-refractivity contribution in [3.05, 3.63) is 68.7 Å². The maximum Gasteiger partial charge on any atom is 0.338 e. The van der Waals surface area contributed by atoms with Gasteiger partial charge in [0, 0.05) is 17.3 Å². The van der Waals surface area contributed by atoms with Crippen LogP contribution in [0, 0.1) is 10.1 Å². The number of carbonyl (C=O) groups is 3. The van der Waals surface area contributed by atoms with Crippen LogP contribution in [0.25, 0.3) is 0 Å². The second-order valence-electron chi connectivity index (χ2n) is 4.79. The molecule has 0 atom stereocenters. The van der Waals surface area contributed by atoms with E-state index in [1.54, 1.807) is 0 Å². The van der Waals surface area contributed by atoms with E-state index < -0.39 is 23.4 Å². The molecule has 0 unspecified atom stereocenters. The zero-order chi connectivity index (χ0) is 18.4. The molecule has 0 saturated carbocycles. The van der Waals surface area contributed by atoms with Crippen molar-refractivity contribution in [1.82, 2.24) is 0 Å². The fourth-order valence-electron chi connectivity index (χ4n) is 1.84. The van der Waals surface area contributed by atoms with Gasteiger partial charge in [-0.3, -0.25) is 19.7 Å². The number of nitrogens with zero attached hydrogens (tertiary/aromatic N) is 1. The largest absolute Gasteiger partial charge is 0.452 e. The van der Waals surface area contributed by atoms with Crippen molar-refractivity contribution in [2.75, 3.05) is 11.9 Å². The van der Waals surface area contributed by atoms with Gasteiger partial charge in [0.2, 0.25) is 0 Å². The zero-order valence-electron chi connectivity index (χ0n) is 12.6. The summed E-state index contributed by atoms with van der Waals surface area (Å²) in [5, 5.41) is 13.1. The number of nitrogens with one attached hydrogen (secondary N) is 1. The molecule has 0 radical (unpaired) electrons. The van der Waals surface area contributed by atoms with Gasteiger partial charge in [-0.25, -0.2) is 4.79 Å². The summed E-state index contributed by atoms with van der Waals surface area (Å²) in [6.07, 6.45) is 0.633. The minimum absolute atomic E-state index is 0.0619. The summed E-state index contributed by atoms with van der Waals surface area (Å²) in [7, 11) is 0. The van der Waals surface area contributed by atoms with E-state index in [-0.39, 0.29) is 22.0 Å². The molecule has 0 aliphatic rings. The number of carbonyl (C=O) groups excluding carboxylic acids is 3. The minimum Gasteiger partial charge on any atom is -0.452 e. The topological polar surface area (TPSA) is 116 Å². The molecule has 8 nitrogen and oxygen atoms in total. The molecular formula is C16H11ClN2O6. The highest BCUT2D eigenvalue weighted by Gasteiger charge is 2.15. The van der Waals surface area contributed by atoms with Gasteiger partial charge in [0.25, 0.3) is 11.6 Å². The second kappa shape index (κ2) is 8.02. The lowest BCUT2D eigenvalue weighted by Gasteiger charge is -2.07. The minimum atomic E-state index is -0.741. The highest BCUT2D eigenvalue weighted by molar-refractivity contribution is 6.32. The molecular weight excluding hydrogens is 352 g/mol. The van der Waals surface area contributed by atoms with Crippen LogP contribution in [0.3, 0.4) is 0 Å². The lowest BCUT2D eigenvalue weighted by Crippen LogP contribution is -2.21. The van der Waals surface area contributed by atoms with Crippen molar-refractivity contribution in [3.63, 3.8) is 0 Å². The molecule has 2 aromatic carbocycles. The Bertz CT molecular complexity index is 835. The van der Waals surface area contributed by atoms with Crippen LogP contribution in [-0.2, 0) is 9.53 Å². The number of ether oxygens (including phenoxy) is 1. The van der Waals surface area contributed by atoms with Gasteiger partial charge in [-0.15, -0.1) is 0 Å². The number of esters is 1. The molecule has 25 heavy (non-hydrogen) atoms. The highest BCUT2D eigenvalue weighted by atomic mass is 35.5. The Morgan fingerprint density at radius 2 is 1.88 bits per heavy atom. The van der Waals surface area contributed by atoms with E-state index in [4.69, 9.17) is 16.3 Å². The Morgan fingerprint density at radius 1 is 1.20 bits per heavy atom. The predicted octanol–water partition coefficient (Wildman–Crippen LogP) is 2.86. The maximum atomic E-state index is 11.8. The first-order valence-corrected chi connectivity index (χ1v) is 7.24. The molecule has 0 saturated heterocycles. The maximum absolute atomic E-state index is 11.8. The van der Waals surface area contributed by atoms with Crippen LogP contribution in [0.1, 0.15) is 20.7 Å². The van der Waals surface area contributed by atoms with Crippen LogP contribution in [0.2, 0.25) is 5.02 Å². The third-order valence-corrected chi connectivity index (χ3v) is 3.36. The Morgan fingerprint density at radius 3 is 2.48 bits per heavy atom. The summed E-state index contributed by atoms with van der Waals surface area (Å²) >= 11 is 5.67. The summed E-state index contributed by atoms with van der Waals surface area (Å²) in [4.78, 5) is 44.2. The van der Waals surface area contributed by atoms with E-state index in [1.807, 2.05) is 0 Å². The van der Waals surface area contributed by atoms with Crippen LogP contribution in [0.15, 0.2) is 42.5 Å². The van der Waals surface area contributed by atoms with E-state index >= 15 is 0 Å². The van der Waals surface area contributed by atoms with Crippen molar-refractivity contribution in [3.8, 4) is 0 Å². The molecule has 0 spiro atoms. The number of halogens is 1. The number of benzene rings is 2. The summed E-state index contributed by atoms with van der Waals surface area (Å²) < 4.78 is 4.84. The van der Waals surface area contributed by atoms with Gasteiger partial charge in [0.15, 0.2) is 6.61 Å². The first kappa shape index (κ1) is 18.1. The van der Waals surface area contributed by atoms with Crippen LogP contribution >= 0.6 is 11.6 Å². The van der Waals surface area contributed by atoms with E-state index in [1.165, 1.54) is 36.4 Å². The fourth-order valence-corrected chi connectivity index (χ4v) is 2.03. The molecule has 0 bridgehead atoms. The summed E-state index contributed by atoms with van der Waals surface area (Å²) in [5.74, 6) is -1.41. The summed E-state index contributed by atoms with van der Waals surface area (Å²) in [6.45, 7) is -0.579. The molecule has 0 aromatic heterocycles. The third-order valence-electron chi connectivity index (χ3n) is 3.04. The highest BCUT2D eigenvalue weighted by Crippen LogP contribution is 2.27. The Hall–Kier alpha value is -3.26. The number of aldehydes is 1. The monoisotopic (exact) mass is 362 g/mol. The van der Waals surface area contributed by atoms with E-state index in [9.17, 15) is 24.5 Å². The zero-order valence-corrected chi connectivity index (χ0v) is 13.4. The predicted molar refractivity (Wildman–Crippen MR) is 88.8 cm³/mol. The van der Waals surface area contributed by atoms with Gasteiger partial charge >= 0.3 is 5.97 Å². The lowest BCUT2D eigenvalue weighted by molar-refractivity contribution is -0.384. The number of rotatable bonds is 6. The van der Waals surface area contributed by atoms with Crippen molar-refractivity contribution in [2.24, 2.45) is 0 Å². The molecule has 1 N–H and O–H groups in total. The van der Waals surface area contributed by atoms with Gasteiger partial charge in [-0.05, 0) is 24.3 Å². The number of hydrogen-bond acceptors (Lipinski definition) is 6. The molecule has 2 rings (SSSR count). The van der Waals surface area contributed by atoms with Gasteiger partial charge in [0.1, 0.15) is 11.3 Å². The molecule has 9 heteroatoms. The van der Waals surface area contributed by atoms with E-state index in [0.29, 0.717) is 11.8 Å². The van der Waals surface area contributed by atoms with Crippen molar-refractivity contribution in [2.45, 2.75) is 0 Å². The standard InChI is InChI=1S/C16H11ClN2O6/c17-13-6-5-12(7-14(13)19(23)24)18-15(21)9-25-16(22)11-3-1-10(8-20)2-4-11/h1-8H,9H2,(H,18,21). The first-order valence-electron chi connectivity index (χ1n) is 6.87. The summed E-state index contributed by atoms with van der Waals surface area (Å²) in [5.41, 5.74) is 0.373. The van der Waals surface area contributed by atoms with Gasteiger partial charge in [-0.2, -0.15) is 0 Å². The Kier molecular flexibility index (Phi) is 5.80. The number of nitro benzene ring substituents is 1. The van der Waals surface area contributed by atoms with Crippen LogP contribution in [0.5, 0.6) is 0 Å². The van der Waals surface area contributed by atoms with Gasteiger partial charge in [-0.1, -0.05) is 23.7 Å². The number of amides is 1. The molecule has 128 valence electrons. The second-order valence-corrected chi connectivity index (χ2v) is 5.19. The Balaban J connectivity index is 1.94. The SMILES string of the molecule is O=Cc1ccc(C(=O)OCC(=O)Nc2ccc(Cl)c([N+](=O)[O-])c2)cc1.